The number of nitrogens with one attached hydrogen (secondary N) is 1. The quantitative estimate of drug-likeness (QED) is 0.177. The van der Waals surface area contributed by atoms with Crippen LogP contribution in [0.1, 0.15) is 18.7 Å². The third-order valence-corrected chi connectivity index (χ3v) is 14.1. The van der Waals surface area contributed by atoms with Crippen LogP contribution < -0.4 is 17.0 Å². The first-order valence-electron chi connectivity index (χ1n) is 14.6. The number of imidazole rings is 2. The van der Waals surface area contributed by atoms with E-state index in [4.69, 9.17) is 38.8 Å². The standard InChI is InChI=1S/C24H30N10O11P2S/c1-40-46(38)42-5-24-3-9(24)13(33-7-29-11-18(25)27-6-28-19(11)33)15(36)17(24)45-47(39,48-2)41-4-10-14(35)16(44-46)22(43-10)34-8-30-12-20(34)31-23(26)32-21(12)37/h6-10,13-17,22,35-36H,3-5H2,1-2H3,(H2,25,27,28)(H3,26,31,32,37)/t9-,10-,13-,14-,15+,16-,17+,22-,24+,46-,47+/m1/s1. The minimum atomic E-state index is -4.51. The van der Waals surface area contributed by atoms with Crippen molar-refractivity contribution in [2.75, 3.05) is 38.0 Å². The van der Waals surface area contributed by atoms with Gasteiger partial charge >= 0.3 is 14.6 Å². The smallest absolute Gasteiger partial charge is 0.388 e. The van der Waals surface area contributed by atoms with Gasteiger partial charge in [0.25, 0.3) is 5.56 Å². The predicted molar refractivity (Wildman–Crippen MR) is 165 cm³/mol. The highest BCUT2D eigenvalue weighted by Crippen LogP contribution is 2.74. The van der Waals surface area contributed by atoms with Gasteiger partial charge in [-0.15, -0.1) is 0 Å². The Morgan fingerprint density at radius 3 is 2.60 bits per heavy atom. The molecular formula is C24H30N10O11P2S. The Labute approximate surface area is 273 Å². The van der Waals surface area contributed by atoms with Crippen LogP contribution in [-0.4, -0.2) is 106 Å². The molecule has 0 radical (unpaired) electrons. The predicted octanol–water partition coefficient (Wildman–Crippen LogP) is 0.347. The second-order valence-electron chi connectivity index (χ2n) is 11.9. The maximum atomic E-state index is 14.1. The number of aromatic amines is 1. The van der Waals surface area contributed by atoms with Crippen molar-refractivity contribution in [1.82, 2.24) is 39.0 Å². The molecule has 48 heavy (non-hydrogen) atoms. The summed E-state index contributed by atoms with van der Waals surface area (Å²) >= 11 is 0.788. The van der Waals surface area contributed by atoms with E-state index in [1.165, 1.54) is 29.8 Å². The minimum Gasteiger partial charge on any atom is -0.388 e. The summed E-state index contributed by atoms with van der Waals surface area (Å²) in [7, 11) is -3.40. The van der Waals surface area contributed by atoms with Gasteiger partial charge < -0.3 is 31.0 Å². The van der Waals surface area contributed by atoms with Crippen molar-refractivity contribution in [3.63, 3.8) is 0 Å². The number of rotatable bonds is 4. The van der Waals surface area contributed by atoms with Gasteiger partial charge in [0.2, 0.25) is 5.95 Å². The minimum absolute atomic E-state index is 0.0105. The molecule has 7 N–H and O–H groups in total. The number of aliphatic hydroxyl groups excluding tert-OH is 2. The Bertz CT molecular complexity index is 2080. The second-order valence-corrected chi connectivity index (χ2v) is 17.8. The van der Waals surface area contributed by atoms with Crippen LogP contribution in [0.5, 0.6) is 0 Å². The molecule has 8 rings (SSSR count). The van der Waals surface area contributed by atoms with Gasteiger partial charge in [-0.2, -0.15) is 4.98 Å². The molecule has 2 aliphatic heterocycles. The van der Waals surface area contributed by atoms with E-state index >= 15 is 0 Å². The first-order valence-corrected chi connectivity index (χ1v) is 19.4. The zero-order chi connectivity index (χ0) is 33.7. The average Bonchev–Trinajstić information content (AvgIpc) is 3.34. The lowest BCUT2D eigenvalue weighted by Gasteiger charge is -2.31. The zero-order valence-corrected chi connectivity index (χ0v) is 27.7. The van der Waals surface area contributed by atoms with Crippen molar-refractivity contribution in [2.45, 2.75) is 49.2 Å². The Morgan fingerprint density at radius 2 is 1.83 bits per heavy atom. The normalized spacial score (nSPS) is 39.8. The van der Waals surface area contributed by atoms with Crippen LogP contribution in [0.2, 0.25) is 0 Å². The van der Waals surface area contributed by atoms with Crippen molar-refractivity contribution in [3.05, 3.63) is 29.3 Å². The van der Waals surface area contributed by atoms with Gasteiger partial charge in [-0.25, -0.2) is 29.1 Å². The number of nitrogens with zero attached hydrogens (tertiary/aromatic N) is 7. The largest absolute Gasteiger partial charge is 0.475 e. The van der Waals surface area contributed by atoms with Gasteiger partial charge in [0.15, 0.2) is 28.9 Å². The molecule has 24 heteroatoms. The molecule has 2 saturated heterocycles. The fourth-order valence-electron chi connectivity index (χ4n) is 6.98. The van der Waals surface area contributed by atoms with E-state index in [9.17, 15) is 24.1 Å². The third-order valence-electron chi connectivity index (χ3n) is 9.39. The summed E-state index contributed by atoms with van der Waals surface area (Å²) in [6.45, 7) is -4.89. The zero-order valence-electron chi connectivity index (χ0n) is 25.1. The fraction of sp³-hybridized carbons (Fsp3) is 0.583. The van der Waals surface area contributed by atoms with Crippen LogP contribution in [-0.2, 0) is 36.5 Å². The molecule has 4 aromatic rings. The molecular weight excluding hydrogens is 698 g/mol. The number of nitrogens with two attached hydrogens (primary N) is 2. The molecule has 0 unspecified atom stereocenters. The lowest BCUT2D eigenvalue weighted by atomic mass is 10.0. The van der Waals surface area contributed by atoms with Crippen molar-refractivity contribution >= 4 is 60.1 Å². The van der Waals surface area contributed by atoms with Crippen LogP contribution in [0.15, 0.2) is 23.8 Å². The van der Waals surface area contributed by atoms with E-state index in [0.29, 0.717) is 17.6 Å². The lowest BCUT2D eigenvalue weighted by Crippen LogP contribution is -2.38. The van der Waals surface area contributed by atoms with Gasteiger partial charge in [0.05, 0.1) is 31.9 Å². The number of ether oxygens (including phenoxy) is 1. The van der Waals surface area contributed by atoms with E-state index in [-0.39, 0.29) is 35.5 Å². The van der Waals surface area contributed by atoms with E-state index < -0.39 is 75.0 Å². The number of hydrogen-bond donors (Lipinski definition) is 5. The van der Waals surface area contributed by atoms with Gasteiger partial charge in [0.1, 0.15) is 42.4 Å². The number of aromatic nitrogens is 8. The van der Waals surface area contributed by atoms with E-state index in [0.717, 1.165) is 18.5 Å². The van der Waals surface area contributed by atoms with Crippen LogP contribution in [0.25, 0.3) is 22.3 Å². The molecule has 0 aromatic carbocycles. The second kappa shape index (κ2) is 11.3. The highest BCUT2D eigenvalue weighted by Gasteiger charge is 2.74. The number of anilines is 2. The fourth-order valence-corrected chi connectivity index (χ4v) is 10.4. The molecule has 0 amide bonds. The van der Waals surface area contributed by atoms with Crippen LogP contribution in [0.4, 0.5) is 11.8 Å². The Kier molecular flexibility index (Phi) is 7.55. The van der Waals surface area contributed by atoms with Gasteiger partial charge in [-0.3, -0.25) is 37.0 Å². The summed E-state index contributed by atoms with van der Waals surface area (Å²) in [5.74, 6) is -0.410. The molecule has 2 aliphatic carbocycles. The highest BCUT2D eigenvalue weighted by molar-refractivity contribution is 8.54. The molecule has 21 nitrogen and oxygen atoms in total. The van der Waals surface area contributed by atoms with Gasteiger partial charge in [0, 0.05) is 12.5 Å². The molecule has 4 fully saturated rings. The van der Waals surface area contributed by atoms with Gasteiger partial charge in [-0.1, -0.05) is 0 Å². The Morgan fingerprint density at radius 1 is 1.06 bits per heavy atom. The topological polar surface area (TPSA) is 289 Å². The van der Waals surface area contributed by atoms with E-state index in [2.05, 4.69) is 29.9 Å². The summed E-state index contributed by atoms with van der Waals surface area (Å²) < 4.78 is 66.3. The average molecular weight is 729 g/mol. The summed E-state index contributed by atoms with van der Waals surface area (Å²) in [5, 5.41) is 23.1. The maximum absolute atomic E-state index is 14.1. The number of phosphoric acid groups is 1. The van der Waals surface area contributed by atoms with Crippen molar-refractivity contribution in [3.8, 4) is 0 Å². The van der Waals surface area contributed by atoms with Crippen molar-refractivity contribution in [2.24, 2.45) is 11.3 Å². The third kappa shape index (κ3) is 4.85. The summed E-state index contributed by atoms with van der Waals surface area (Å²) in [6, 6.07) is -0.688. The van der Waals surface area contributed by atoms with Crippen molar-refractivity contribution < 1.29 is 46.7 Å². The molecule has 6 heterocycles. The highest BCUT2D eigenvalue weighted by atomic mass is 32.7. The van der Waals surface area contributed by atoms with Crippen LogP contribution in [0, 0.1) is 11.3 Å². The molecule has 258 valence electrons. The summed E-state index contributed by atoms with van der Waals surface area (Å²) in [5.41, 5.74) is 10.7. The number of nitrogen functional groups attached to an aromatic ring is 2. The number of H-pyrrole nitrogens is 1. The van der Waals surface area contributed by atoms with Crippen LogP contribution in [0.3, 0.4) is 0 Å². The van der Waals surface area contributed by atoms with Crippen molar-refractivity contribution in [1.29, 1.82) is 0 Å². The lowest BCUT2D eigenvalue weighted by molar-refractivity contribution is -0.0600. The monoisotopic (exact) mass is 728 g/mol. The molecule has 11 atom stereocenters. The first-order chi connectivity index (χ1) is 22.9. The molecule has 2 bridgehead atoms. The molecule has 1 spiro atoms. The number of hydrogen-bond acceptors (Lipinski definition) is 19. The SMILES string of the molecule is CO[P@]1(=O)OC[C@@]23C[C@@H]2[C@@H](n2cnc4c(N)ncnc42)[C@H](O)[C@@H]3O[P@@](=O)(SC)OC[C@H]2O[C@@H](n3cnc4c(=O)[nH]c(N)nc43)[C@H](O1)[C@@H]2O. The maximum Gasteiger partial charge on any atom is 0.475 e. The number of fused-ring (bicyclic) bond motifs is 4. The molecule has 4 aliphatic rings. The summed E-state index contributed by atoms with van der Waals surface area (Å²) in [6.07, 6.45) is -2.10. The molecule has 4 aromatic heterocycles. The Hall–Kier alpha value is -3.01. The number of aliphatic hydroxyl groups is 2. The van der Waals surface area contributed by atoms with E-state index in [1.807, 2.05) is 0 Å². The molecule has 2 saturated carbocycles. The Balaban J connectivity index is 1.17. The summed E-state index contributed by atoms with van der Waals surface area (Å²) in [4.78, 5) is 35.6. The van der Waals surface area contributed by atoms with Gasteiger partial charge in [-0.05, 0) is 30.0 Å². The van der Waals surface area contributed by atoms with Crippen LogP contribution >= 0.6 is 26.0 Å². The number of phosphoric ester groups is 1. The van der Waals surface area contributed by atoms with E-state index in [1.54, 1.807) is 4.57 Å². The first kappa shape index (κ1) is 32.2.